The molecule has 0 aromatic heterocycles. The van der Waals surface area contributed by atoms with Crippen LogP contribution < -0.4 is 5.43 Å². The van der Waals surface area contributed by atoms with Crippen LogP contribution in [0, 0.1) is 0 Å². The molecule has 0 aliphatic carbocycles. The first-order valence-corrected chi connectivity index (χ1v) is 2.24. The van der Waals surface area contributed by atoms with Crippen LogP contribution in [-0.4, -0.2) is 25.0 Å². The molecule has 0 rings (SSSR count). The summed E-state index contributed by atoms with van der Waals surface area (Å²) in [5.74, 6) is 0. The van der Waals surface area contributed by atoms with Crippen molar-refractivity contribution in [2.45, 2.75) is 6.92 Å². The molecule has 0 bridgehead atoms. The van der Waals surface area contributed by atoms with E-state index in [0.29, 0.717) is 6.54 Å². The molecule has 42 valence electrons. The van der Waals surface area contributed by atoms with Crippen molar-refractivity contribution in [3.05, 3.63) is 0 Å². The summed E-state index contributed by atoms with van der Waals surface area (Å²) < 4.78 is 0. The van der Waals surface area contributed by atoms with Gasteiger partial charge in [-0.2, -0.15) is 0 Å². The summed E-state index contributed by atoms with van der Waals surface area (Å²) in [6.07, 6.45) is 0.750. The number of nitrogens with one attached hydrogen (secondary N) is 1. The molecule has 0 saturated carbocycles. The van der Waals surface area contributed by atoms with Crippen molar-refractivity contribution in [3.8, 4) is 0 Å². The number of nitrogens with zero attached hydrogens (tertiary/aromatic N) is 1. The highest BCUT2D eigenvalue weighted by Gasteiger charge is 1.86. The average molecular weight is 102 g/mol. The predicted molar refractivity (Wildman–Crippen MR) is 27.5 cm³/mol. The summed E-state index contributed by atoms with van der Waals surface area (Å²) in [5.41, 5.74) is 2.67. The molecular weight excluding hydrogens is 92.1 g/mol. The molecule has 1 N–H and O–H groups in total. The lowest BCUT2D eigenvalue weighted by atomic mass is 10.7. The third-order valence-corrected chi connectivity index (χ3v) is 0.755. The van der Waals surface area contributed by atoms with Gasteiger partial charge in [0.1, 0.15) is 0 Å². The van der Waals surface area contributed by atoms with Gasteiger partial charge >= 0.3 is 0 Å². The molecule has 0 saturated heterocycles. The molecule has 0 spiro atoms. The van der Waals surface area contributed by atoms with Crippen molar-refractivity contribution in [3.63, 3.8) is 0 Å². The summed E-state index contributed by atoms with van der Waals surface area (Å²) in [6.45, 7) is 2.60. The topological polar surface area (TPSA) is 32.3 Å². The SMILES string of the molecule is CCN(C=O)NC. The van der Waals surface area contributed by atoms with Gasteiger partial charge in [-0.15, -0.1) is 0 Å². The first-order valence-electron chi connectivity index (χ1n) is 2.24. The minimum Gasteiger partial charge on any atom is -0.281 e. The predicted octanol–water partition coefficient (Wildman–Crippen LogP) is -0.401. The van der Waals surface area contributed by atoms with Crippen LogP contribution in [-0.2, 0) is 4.79 Å². The Balaban J connectivity index is 3.16. The number of hydrazine groups is 1. The van der Waals surface area contributed by atoms with Crippen molar-refractivity contribution < 1.29 is 4.79 Å². The third kappa shape index (κ3) is 2.17. The maximum Gasteiger partial charge on any atom is 0.223 e. The fourth-order valence-electron chi connectivity index (χ4n) is 0.285. The Kier molecular flexibility index (Phi) is 3.32. The van der Waals surface area contributed by atoms with Crippen LogP contribution >= 0.6 is 0 Å². The monoisotopic (exact) mass is 102 g/mol. The van der Waals surface area contributed by atoms with E-state index in [-0.39, 0.29) is 0 Å². The second-order valence-corrected chi connectivity index (χ2v) is 1.12. The van der Waals surface area contributed by atoms with E-state index in [9.17, 15) is 4.79 Å². The van der Waals surface area contributed by atoms with Gasteiger partial charge in [0.15, 0.2) is 0 Å². The molecule has 3 nitrogen and oxygen atoms in total. The summed E-state index contributed by atoms with van der Waals surface area (Å²) in [4.78, 5) is 9.83. The van der Waals surface area contributed by atoms with Crippen LogP contribution in [0.25, 0.3) is 0 Å². The van der Waals surface area contributed by atoms with E-state index >= 15 is 0 Å². The Labute approximate surface area is 43.3 Å². The number of amides is 1. The van der Waals surface area contributed by atoms with Crippen molar-refractivity contribution in [1.82, 2.24) is 10.4 Å². The lowest BCUT2D eigenvalue weighted by molar-refractivity contribution is -0.120. The summed E-state index contributed by atoms with van der Waals surface area (Å²) in [6, 6.07) is 0. The fourth-order valence-corrected chi connectivity index (χ4v) is 0.285. The van der Waals surface area contributed by atoms with E-state index in [1.165, 1.54) is 5.01 Å². The molecule has 7 heavy (non-hydrogen) atoms. The van der Waals surface area contributed by atoms with Crippen LogP contribution in [0.2, 0.25) is 0 Å². The molecule has 0 aromatic rings. The summed E-state index contributed by atoms with van der Waals surface area (Å²) >= 11 is 0. The van der Waals surface area contributed by atoms with Crippen molar-refractivity contribution in [2.24, 2.45) is 0 Å². The number of carbonyl (C=O) groups is 1. The Bertz CT molecular complexity index is 51.7. The number of hydrogen-bond donors (Lipinski definition) is 1. The van der Waals surface area contributed by atoms with Crippen molar-refractivity contribution >= 4 is 6.41 Å². The molecule has 1 amide bonds. The zero-order valence-corrected chi connectivity index (χ0v) is 4.64. The Hall–Kier alpha value is -0.570. The van der Waals surface area contributed by atoms with Gasteiger partial charge in [0.2, 0.25) is 6.41 Å². The van der Waals surface area contributed by atoms with Gasteiger partial charge in [-0.05, 0) is 6.92 Å². The molecule has 0 radical (unpaired) electrons. The normalized spacial score (nSPS) is 8.29. The van der Waals surface area contributed by atoms with E-state index in [1.807, 2.05) is 6.92 Å². The average Bonchev–Trinajstić information content (AvgIpc) is 1.72. The van der Waals surface area contributed by atoms with Gasteiger partial charge in [-0.25, -0.2) is 5.43 Å². The van der Waals surface area contributed by atoms with E-state index in [2.05, 4.69) is 5.43 Å². The molecule has 0 aromatic carbocycles. The first-order chi connectivity index (χ1) is 3.35. The zero-order chi connectivity index (χ0) is 5.70. The number of carbonyl (C=O) groups excluding carboxylic acids is 1. The number of hydrogen-bond acceptors (Lipinski definition) is 2. The minimum absolute atomic E-state index is 0.708. The van der Waals surface area contributed by atoms with Gasteiger partial charge in [0, 0.05) is 13.6 Å². The molecule has 0 fully saturated rings. The van der Waals surface area contributed by atoms with Crippen LogP contribution in [0.4, 0.5) is 0 Å². The van der Waals surface area contributed by atoms with Gasteiger partial charge in [0.25, 0.3) is 0 Å². The van der Waals surface area contributed by atoms with Crippen LogP contribution in [0.3, 0.4) is 0 Å². The quantitative estimate of drug-likeness (QED) is 0.388. The largest absolute Gasteiger partial charge is 0.281 e. The Morgan fingerprint density at radius 3 is 2.43 bits per heavy atom. The van der Waals surface area contributed by atoms with Crippen molar-refractivity contribution in [2.75, 3.05) is 13.6 Å². The summed E-state index contributed by atoms with van der Waals surface area (Å²) in [7, 11) is 1.71. The second kappa shape index (κ2) is 3.61. The van der Waals surface area contributed by atoms with E-state index in [0.717, 1.165) is 6.41 Å². The van der Waals surface area contributed by atoms with Gasteiger partial charge in [-0.3, -0.25) is 9.80 Å². The molecule has 0 aliphatic heterocycles. The molecule has 0 aliphatic rings. The maximum atomic E-state index is 9.83. The standard InChI is InChI=1S/C4H10N2O/c1-3-6(4-7)5-2/h4-5H,3H2,1-2H3. The van der Waals surface area contributed by atoms with Gasteiger partial charge < -0.3 is 0 Å². The number of rotatable bonds is 3. The molecule has 3 heteroatoms. The Morgan fingerprint density at radius 1 is 1.86 bits per heavy atom. The highest BCUT2D eigenvalue weighted by Crippen LogP contribution is 1.66. The second-order valence-electron chi connectivity index (χ2n) is 1.12. The van der Waals surface area contributed by atoms with Crippen LogP contribution in [0.1, 0.15) is 6.92 Å². The molecule has 0 atom stereocenters. The van der Waals surface area contributed by atoms with Gasteiger partial charge in [-0.1, -0.05) is 0 Å². The third-order valence-electron chi connectivity index (χ3n) is 0.755. The minimum atomic E-state index is 0.708. The lowest BCUT2D eigenvalue weighted by Gasteiger charge is -2.10. The highest BCUT2D eigenvalue weighted by molar-refractivity contribution is 5.45. The van der Waals surface area contributed by atoms with Gasteiger partial charge in [0.05, 0.1) is 0 Å². The summed E-state index contributed by atoms with van der Waals surface area (Å²) in [5, 5.41) is 1.44. The van der Waals surface area contributed by atoms with Crippen LogP contribution in [0.5, 0.6) is 0 Å². The lowest BCUT2D eigenvalue weighted by Crippen LogP contribution is -2.32. The van der Waals surface area contributed by atoms with E-state index in [1.54, 1.807) is 7.05 Å². The van der Waals surface area contributed by atoms with Crippen LogP contribution in [0.15, 0.2) is 0 Å². The first kappa shape index (κ1) is 6.43. The fraction of sp³-hybridized carbons (Fsp3) is 0.750. The smallest absolute Gasteiger partial charge is 0.223 e. The molecule has 0 heterocycles. The molecular formula is C4H10N2O. The molecule has 0 unspecified atom stereocenters. The Morgan fingerprint density at radius 2 is 2.43 bits per heavy atom. The highest BCUT2D eigenvalue weighted by atomic mass is 16.1. The maximum absolute atomic E-state index is 9.83. The zero-order valence-electron chi connectivity index (χ0n) is 4.64. The van der Waals surface area contributed by atoms with E-state index < -0.39 is 0 Å². The van der Waals surface area contributed by atoms with E-state index in [4.69, 9.17) is 0 Å². The van der Waals surface area contributed by atoms with Crippen molar-refractivity contribution in [1.29, 1.82) is 0 Å².